The molecule has 2 aromatic rings. The number of hydrogen-bond acceptors (Lipinski definition) is 6. The van der Waals surface area contributed by atoms with Gasteiger partial charge in [-0.1, -0.05) is 20.8 Å². The van der Waals surface area contributed by atoms with E-state index in [9.17, 15) is 23.1 Å². The largest absolute Gasteiger partial charge is 0.478 e. The highest BCUT2D eigenvalue weighted by Crippen LogP contribution is 2.38. The molecule has 10 nitrogen and oxygen atoms in total. The fourth-order valence-electron chi connectivity index (χ4n) is 5.38. The lowest BCUT2D eigenvalue weighted by molar-refractivity contribution is 0.0150. The third-order valence-corrected chi connectivity index (χ3v) is 8.21. The molecule has 196 valence electrons. The van der Waals surface area contributed by atoms with Gasteiger partial charge in [0.25, 0.3) is 5.91 Å². The number of sulfonamides is 1. The number of nitrogens with zero attached hydrogens (tertiary/aromatic N) is 2. The lowest BCUT2D eigenvalue weighted by atomic mass is 9.76. The van der Waals surface area contributed by atoms with Gasteiger partial charge in [0.1, 0.15) is 0 Å². The Kier molecular flexibility index (Phi) is 7.02. The Labute approximate surface area is 211 Å². The molecule has 3 heterocycles. The Bertz CT molecular complexity index is 1290. The van der Waals surface area contributed by atoms with Crippen molar-refractivity contribution in [3.63, 3.8) is 0 Å². The van der Waals surface area contributed by atoms with Crippen LogP contribution in [0.25, 0.3) is 0 Å². The van der Waals surface area contributed by atoms with Crippen molar-refractivity contribution in [2.45, 2.75) is 64.3 Å². The number of carbonyl (C=O) groups excluding carboxylic acids is 1. The number of carboxylic acid groups (broad SMARTS) is 1. The van der Waals surface area contributed by atoms with E-state index in [0.717, 1.165) is 24.2 Å². The highest BCUT2D eigenvalue weighted by molar-refractivity contribution is 7.89. The molecular formula is C25H34N4O6S. The summed E-state index contributed by atoms with van der Waals surface area (Å²) in [6.45, 7) is 8.25. The molecule has 0 aliphatic carbocycles. The fraction of sp³-hybridized carbons (Fsp3) is 0.560. The van der Waals surface area contributed by atoms with E-state index in [-0.39, 0.29) is 28.2 Å². The van der Waals surface area contributed by atoms with Gasteiger partial charge in [-0.15, -0.1) is 0 Å². The van der Waals surface area contributed by atoms with Gasteiger partial charge in [0.05, 0.1) is 27.4 Å². The summed E-state index contributed by atoms with van der Waals surface area (Å²) >= 11 is 0. The lowest BCUT2D eigenvalue weighted by Gasteiger charge is -2.36. The number of carbonyl (C=O) groups is 2. The normalized spacial score (nSPS) is 17.9. The topological polar surface area (TPSA) is 154 Å². The maximum atomic E-state index is 13.1. The number of amides is 1. The molecule has 2 aliphatic rings. The third kappa shape index (κ3) is 5.33. The molecular weight excluding hydrogens is 484 g/mol. The van der Waals surface area contributed by atoms with Crippen LogP contribution in [0.3, 0.4) is 0 Å². The van der Waals surface area contributed by atoms with E-state index in [2.05, 4.69) is 5.32 Å². The van der Waals surface area contributed by atoms with Crippen LogP contribution < -0.4 is 10.5 Å². The molecule has 0 bridgehead atoms. The number of fused-ring (bicyclic) bond motifs is 1. The van der Waals surface area contributed by atoms with E-state index in [1.807, 2.05) is 25.5 Å². The highest BCUT2D eigenvalue weighted by atomic mass is 32.2. The number of rotatable bonds is 7. The zero-order valence-corrected chi connectivity index (χ0v) is 21.8. The van der Waals surface area contributed by atoms with Crippen molar-refractivity contribution in [1.29, 1.82) is 0 Å². The highest BCUT2D eigenvalue weighted by Gasteiger charge is 2.40. The summed E-state index contributed by atoms with van der Waals surface area (Å²) in [5.41, 5.74) is 2.08. The minimum absolute atomic E-state index is 0.0320. The molecule has 4 N–H and O–H groups in total. The van der Waals surface area contributed by atoms with Crippen molar-refractivity contribution in [2.75, 3.05) is 19.8 Å². The molecule has 1 aromatic carbocycles. The maximum Gasteiger partial charge on any atom is 0.335 e. The van der Waals surface area contributed by atoms with E-state index in [1.165, 1.54) is 18.2 Å². The fourth-order valence-corrected chi connectivity index (χ4v) is 5.95. The Balaban J connectivity index is 1.71. The van der Waals surface area contributed by atoms with Crippen LogP contribution in [0.1, 0.15) is 71.3 Å². The number of hydrogen-bond donors (Lipinski definition) is 3. The molecule has 1 saturated heterocycles. The van der Waals surface area contributed by atoms with Gasteiger partial charge < -0.3 is 15.2 Å². The summed E-state index contributed by atoms with van der Waals surface area (Å²) in [5.74, 6) is -1.25. The first-order valence-electron chi connectivity index (χ1n) is 12.2. The first-order chi connectivity index (χ1) is 16.8. The van der Waals surface area contributed by atoms with Crippen molar-refractivity contribution in [2.24, 2.45) is 16.0 Å². The van der Waals surface area contributed by atoms with Crippen LogP contribution in [-0.2, 0) is 40.6 Å². The van der Waals surface area contributed by atoms with E-state index in [0.29, 0.717) is 50.3 Å². The van der Waals surface area contributed by atoms with Crippen LogP contribution in [0.4, 0.5) is 0 Å². The van der Waals surface area contributed by atoms with Gasteiger partial charge in [-0.2, -0.15) is 5.10 Å². The standard InChI is InChI=1S/C25H34N4O6S/c1-4-19-21-20(13-25(14-27-22(21)30)7-9-35-10-8-25)29(28-19)15-24(2,3)12-16-11-17(36(26,33)34)5-6-18(16)23(31)32/h5-6,11H,4,7-10,12-15H2,1-3H3,(H,27,30)(H,31,32)(H2,26,33,34). The zero-order chi connectivity index (χ0) is 26.3. The molecule has 0 saturated carbocycles. The predicted octanol–water partition coefficient (Wildman–Crippen LogP) is 2.14. The smallest absolute Gasteiger partial charge is 0.335 e. The van der Waals surface area contributed by atoms with Gasteiger partial charge in [-0.3, -0.25) is 9.48 Å². The number of nitrogens with two attached hydrogens (primary N) is 1. The van der Waals surface area contributed by atoms with E-state index in [1.54, 1.807) is 0 Å². The minimum Gasteiger partial charge on any atom is -0.478 e. The summed E-state index contributed by atoms with van der Waals surface area (Å²) in [5, 5.41) is 22.9. The molecule has 1 fully saturated rings. The lowest BCUT2D eigenvalue weighted by Crippen LogP contribution is -2.41. The SMILES string of the molecule is CCc1nn(CC(C)(C)Cc2cc(S(N)(=O)=O)ccc2C(=O)O)c2c1C(=O)NCC1(CCOCC1)C2. The molecule has 4 rings (SSSR count). The van der Waals surface area contributed by atoms with Crippen molar-refractivity contribution in [3.8, 4) is 0 Å². The Morgan fingerprint density at radius 1 is 1.31 bits per heavy atom. The number of primary sulfonamides is 1. The molecule has 0 radical (unpaired) electrons. The van der Waals surface area contributed by atoms with Crippen molar-refractivity contribution in [3.05, 3.63) is 46.3 Å². The quantitative estimate of drug-likeness (QED) is 0.507. The summed E-state index contributed by atoms with van der Waals surface area (Å²) in [7, 11) is -3.99. The van der Waals surface area contributed by atoms with Gasteiger partial charge in [-0.05, 0) is 66.7 Å². The van der Waals surface area contributed by atoms with Gasteiger partial charge >= 0.3 is 5.97 Å². The van der Waals surface area contributed by atoms with E-state index < -0.39 is 21.4 Å². The number of benzene rings is 1. The molecule has 1 spiro atoms. The summed E-state index contributed by atoms with van der Waals surface area (Å²) < 4.78 is 31.3. The van der Waals surface area contributed by atoms with Crippen LogP contribution in [0.5, 0.6) is 0 Å². The van der Waals surface area contributed by atoms with E-state index >= 15 is 0 Å². The zero-order valence-electron chi connectivity index (χ0n) is 21.0. The number of aromatic carboxylic acids is 1. The average molecular weight is 519 g/mol. The van der Waals surface area contributed by atoms with Crippen LogP contribution in [0.15, 0.2) is 23.1 Å². The number of carboxylic acids is 1. The molecule has 11 heteroatoms. The summed E-state index contributed by atoms with van der Waals surface area (Å²) in [6, 6.07) is 3.83. The van der Waals surface area contributed by atoms with E-state index in [4.69, 9.17) is 15.0 Å². The van der Waals surface area contributed by atoms with Crippen molar-refractivity contribution in [1.82, 2.24) is 15.1 Å². The molecule has 36 heavy (non-hydrogen) atoms. The third-order valence-electron chi connectivity index (χ3n) is 7.29. The van der Waals surface area contributed by atoms with Gasteiger partial charge in [-0.25, -0.2) is 18.4 Å². The second-order valence-electron chi connectivity index (χ2n) is 10.8. The first-order valence-corrected chi connectivity index (χ1v) is 13.7. The van der Waals surface area contributed by atoms with Gasteiger partial charge in [0, 0.05) is 26.3 Å². The maximum absolute atomic E-state index is 13.1. The Hall–Kier alpha value is -2.76. The predicted molar refractivity (Wildman–Crippen MR) is 132 cm³/mol. The molecule has 0 atom stereocenters. The second kappa shape index (κ2) is 9.60. The summed E-state index contributed by atoms with van der Waals surface area (Å²) in [4.78, 5) is 24.8. The number of ether oxygens (including phenoxy) is 1. The molecule has 0 unspecified atom stereocenters. The van der Waals surface area contributed by atoms with Gasteiger partial charge in [0.15, 0.2) is 0 Å². The molecule has 2 aliphatic heterocycles. The van der Waals surface area contributed by atoms with Gasteiger partial charge in [0.2, 0.25) is 10.0 Å². The monoisotopic (exact) mass is 518 g/mol. The molecule has 1 amide bonds. The minimum atomic E-state index is -3.99. The Morgan fingerprint density at radius 2 is 2.00 bits per heavy atom. The number of nitrogens with one attached hydrogen (secondary N) is 1. The average Bonchev–Trinajstić information content (AvgIpc) is 3.05. The second-order valence-corrected chi connectivity index (χ2v) is 12.3. The number of aryl methyl sites for hydroxylation is 1. The summed E-state index contributed by atoms with van der Waals surface area (Å²) in [6.07, 6.45) is 3.29. The van der Waals surface area contributed by atoms with Crippen LogP contribution in [0.2, 0.25) is 0 Å². The first kappa shape index (κ1) is 26.3. The molecule has 1 aromatic heterocycles. The van der Waals surface area contributed by atoms with Crippen LogP contribution in [-0.4, -0.2) is 54.9 Å². The Morgan fingerprint density at radius 3 is 2.61 bits per heavy atom. The van der Waals surface area contributed by atoms with Crippen LogP contribution >= 0.6 is 0 Å². The van der Waals surface area contributed by atoms with Crippen molar-refractivity contribution >= 4 is 21.9 Å². The van der Waals surface area contributed by atoms with Crippen molar-refractivity contribution < 1.29 is 27.9 Å². The van der Waals surface area contributed by atoms with Crippen LogP contribution in [0, 0.1) is 10.8 Å². The number of aromatic nitrogens is 2.